The number of hydrogen-bond acceptors (Lipinski definition) is 4. The lowest BCUT2D eigenvalue weighted by Crippen LogP contribution is -2.29. The molecule has 2 rings (SSSR count). The molecule has 0 aliphatic carbocycles. The number of carbonyl (C=O) groups excluding carboxylic acids is 2. The number of aliphatic hydroxyl groups is 1. The van der Waals surface area contributed by atoms with Gasteiger partial charge in [0.15, 0.2) is 5.78 Å². The van der Waals surface area contributed by atoms with Gasteiger partial charge in [0.25, 0.3) is 5.91 Å². The maximum absolute atomic E-state index is 12.4. The molecule has 3 N–H and O–H groups in total. The van der Waals surface area contributed by atoms with Gasteiger partial charge < -0.3 is 20.1 Å². The largest absolute Gasteiger partial charge is 0.457 e. The van der Waals surface area contributed by atoms with Crippen molar-refractivity contribution in [2.75, 3.05) is 13.2 Å². The lowest BCUT2D eigenvalue weighted by molar-refractivity contribution is -0.118. The van der Waals surface area contributed by atoms with Crippen LogP contribution in [-0.4, -0.2) is 34.9 Å². The number of aromatic nitrogens is 1. The van der Waals surface area contributed by atoms with Crippen molar-refractivity contribution in [1.82, 2.24) is 10.3 Å². The van der Waals surface area contributed by atoms with E-state index >= 15 is 0 Å². The first-order valence-corrected chi connectivity index (χ1v) is 11.4. The molecule has 6 nitrogen and oxygen atoms in total. The zero-order valence-corrected chi connectivity index (χ0v) is 20.0. The second kappa shape index (κ2) is 13.8. The minimum Gasteiger partial charge on any atom is -0.457 e. The van der Waals surface area contributed by atoms with Gasteiger partial charge >= 0.3 is 0 Å². The topological polar surface area (TPSA) is 91.4 Å². The summed E-state index contributed by atoms with van der Waals surface area (Å²) in [6, 6.07) is 9.39. The number of aromatic amines is 1. The molecule has 1 heterocycles. The van der Waals surface area contributed by atoms with Crippen LogP contribution in [0.2, 0.25) is 0 Å². The highest BCUT2D eigenvalue weighted by molar-refractivity contribution is 5.97. The number of ketones is 1. The molecule has 0 aliphatic heterocycles. The van der Waals surface area contributed by atoms with Crippen molar-refractivity contribution in [3.05, 3.63) is 96.6 Å². The lowest BCUT2D eigenvalue weighted by atomic mass is 10.0. The summed E-state index contributed by atoms with van der Waals surface area (Å²) in [5, 5.41) is 11.7. The minimum absolute atomic E-state index is 0.0193. The average molecular weight is 463 g/mol. The SMILES string of the molecule is C=C/C=C\C(=C/C(=C)c1cc(C(=O)NCC(=O)CCCC(C)CO)c[nH]1)Oc1ccc(C)cc1. The third-order valence-electron chi connectivity index (χ3n) is 5.17. The highest BCUT2D eigenvalue weighted by atomic mass is 16.5. The van der Waals surface area contributed by atoms with E-state index in [0.717, 1.165) is 12.0 Å². The molecule has 34 heavy (non-hydrogen) atoms. The molecule has 1 aromatic carbocycles. The zero-order chi connectivity index (χ0) is 24.9. The molecule has 0 radical (unpaired) electrons. The molecule has 0 bridgehead atoms. The summed E-state index contributed by atoms with van der Waals surface area (Å²) < 4.78 is 5.96. The number of rotatable bonds is 14. The predicted octanol–water partition coefficient (Wildman–Crippen LogP) is 5.14. The van der Waals surface area contributed by atoms with E-state index in [9.17, 15) is 9.59 Å². The molecule has 180 valence electrons. The lowest BCUT2D eigenvalue weighted by Gasteiger charge is -2.08. The summed E-state index contributed by atoms with van der Waals surface area (Å²) in [5.41, 5.74) is 2.84. The Labute approximate surface area is 201 Å². The number of amides is 1. The van der Waals surface area contributed by atoms with E-state index in [4.69, 9.17) is 9.84 Å². The van der Waals surface area contributed by atoms with Crippen molar-refractivity contribution in [2.45, 2.75) is 33.1 Å². The number of allylic oxidation sites excluding steroid dienone is 5. The molecule has 6 heteroatoms. The summed E-state index contributed by atoms with van der Waals surface area (Å²) in [6.07, 6.45) is 10.4. The fourth-order valence-electron chi connectivity index (χ4n) is 3.09. The highest BCUT2D eigenvalue weighted by Crippen LogP contribution is 2.20. The van der Waals surface area contributed by atoms with Gasteiger partial charge in [-0.15, -0.1) is 0 Å². The zero-order valence-electron chi connectivity index (χ0n) is 20.0. The van der Waals surface area contributed by atoms with Gasteiger partial charge in [-0.05, 0) is 61.6 Å². The highest BCUT2D eigenvalue weighted by Gasteiger charge is 2.12. The maximum atomic E-state index is 12.4. The van der Waals surface area contributed by atoms with Gasteiger partial charge in [-0.25, -0.2) is 0 Å². The van der Waals surface area contributed by atoms with Gasteiger partial charge in [-0.1, -0.05) is 49.9 Å². The smallest absolute Gasteiger partial charge is 0.253 e. The summed E-state index contributed by atoms with van der Waals surface area (Å²) >= 11 is 0. The third-order valence-corrected chi connectivity index (χ3v) is 5.17. The maximum Gasteiger partial charge on any atom is 0.253 e. The van der Waals surface area contributed by atoms with Gasteiger partial charge in [0.05, 0.1) is 12.1 Å². The summed E-state index contributed by atoms with van der Waals surface area (Å²) in [4.78, 5) is 27.5. The van der Waals surface area contributed by atoms with Gasteiger partial charge in [0, 0.05) is 24.9 Å². The van der Waals surface area contributed by atoms with Gasteiger partial charge in [-0.3, -0.25) is 9.59 Å². The van der Waals surface area contributed by atoms with Crippen LogP contribution in [0.25, 0.3) is 5.57 Å². The molecule has 1 amide bonds. The summed E-state index contributed by atoms with van der Waals surface area (Å²) in [5.74, 6) is 1.07. The van der Waals surface area contributed by atoms with E-state index in [1.807, 2.05) is 38.1 Å². The molecular formula is C28H34N2O4. The first-order chi connectivity index (χ1) is 16.3. The minimum atomic E-state index is -0.334. The molecule has 1 aromatic heterocycles. The molecule has 1 atom stereocenters. The fourth-order valence-corrected chi connectivity index (χ4v) is 3.09. The third kappa shape index (κ3) is 9.08. The summed E-state index contributed by atoms with van der Waals surface area (Å²) in [7, 11) is 0. The molecule has 0 fully saturated rings. The Bertz CT molecular complexity index is 1040. The van der Waals surface area contributed by atoms with Crippen LogP contribution in [0.4, 0.5) is 0 Å². The standard InChI is InChI=1S/C28H34N2O4/c1-5-6-10-26(34-25-13-11-20(2)12-14-25)15-22(4)27-16-23(17-29-27)28(33)30-18-24(32)9-7-8-21(3)19-31/h5-6,10-17,21,29,31H,1,4,7-9,18-19H2,2-3H3,(H,30,33)/b10-6-,26-15+. The number of aliphatic hydroxyl groups excluding tert-OH is 1. The van der Waals surface area contributed by atoms with Crippen molar-refractivity contribution in [1.29, 1.82) is 0 Å². The van der Waals surface area contributed by atoms with Crippen molar-refractivity contribution in [2.24, 2.45) is 5.92 Å². The Morgan fingerprint density at radius 2 is 2.00 bits per heavy atom. The van der Waals surface area contributed by atoms with Crippen LogP contribution in [0.3, 0.4) is 0 Å². The number of nitrogens with one attached hydrogen (secondary N) is 2. The van der Waals surface area contributed by atoms with Gasteiger partial charge in [-0.2, -0.15) is 0 Å². The Morgan fingerprint density at radius 3 is 2.68 bits per heavy atom. The van der Waals surface area contributed by atoms with Gasteiger partial charge in [0.1, 0.15) is 11.5 Å². The molecule has 0 aliphatic rings. The van der Waals surface area contributed by atoms with E-state index in [1.54, 1.807) is 36.6 Å². The van der Waals surface area contributed by atoms with E-state index < -0.39 is 0 Å². The average Bonchev–Trinajstić information content (AvgIpc) is 3.33. The number of Topliss-reactive ketones (excluding diaryl/α,β-unsaturated/α-hetero) is 1. The molecule has 1 unspecified atom stereocenters. The van der Waals surface area contributed by atoms with E-state index in [2.05, 4.69) is 23.5 Å². The molecule has 0 saturated heterocycles. The van der Waals surface area contributed by atoms with Crippen LogP contribution in [0, 0.1) is 12.8 Å². The molecular weight excluding hydrogens is 428 g/mol. The first-order valence-electron chi connectivity index (χ1n) is 11.4. The monoisotopic (exact) mass is 462 g/mol. The number of carbonyl (C=O) groups is 2. The Hall–Kier alpha value is -3.64. The summed E-state index contributed by atoms with van der Waals surface area (Å²) in [6.45, 7) is 11.8. The van der Waals surface area contributed by atoms with Crippen LogP contribution in [0.5, 0.6) is 5.75 Å². The molecule has 2 aromatic rings. The molecule has 0 spiro atoms. The Morgan fingerprint density at radius 1 is 1.26 bits per heavy atom. The molecule has 0 saturated carbocycles. The van der Waals surface area contributed by atoms with E-state index in [-0.39, 0.29) is 30.8 Å². The van der Waals surface area contributed by atoms with Crippen LogP contribution < -0.4 is 10.1 Å². The normalized spacial score (nSPS) is 12.4. The van der Waals surface area contributed by atoms with Crippen LogP contribution >= 0.6 is 0 Å². The van der Waals surface area contributed by atoms with E-state index in [0.29, 0.717) is 41.2 Å². The van der Waals surface area contributed by atoms with Crippen LogP contribution in [0.15, 0.2) is 79.7 Å². The van der Waals surface area contributed by atoms with Crippen molar-refractivity contribution in [3.63, 3.8) is 0 Å². The van der Waals surface area contributed by atoms with E-state index in [1.165, 1.54) is 0 Å². The van der Waals surface area contributed by atoms with Crippen LogP contribution in [-0.2, 0) is 4.79 Å². The van der Waals surface area contributed by atoms with Crippen molar-refractivity contribution < 1.29 is 19.4 Å². The quantitative estimate of drug-likeness (QED) is 0.268. The van der Waals surface area contributed by atoms with Gasteiger partial charge in [0.2, 0.25) is 0 Å². The predicted molar refractivity (Wildman–Crippen MR) is 136 cm³/mol. The first kappa shape index (κ1) is 26.6. The number of aryl methyl sites for hydroxylation is 1. The van der Waals surface area contributed by atoms with Crippen LogP contribution in [0.1, 0.15) is 47.8 Å². The fraction of sp³-hybridized carbons (Fsp3) is 0.286. The van der Waals surface area contributed by atoms with Crippen molar-refractivity contribution in [3.8, 4) is 5.75 Å². The number of benzene rings is 1. The Kier molecular flexibility index (Phi) is 10.8. The second-order valence-electron chi connectivity index (χ2n) is 8.29. The number of H-pyrrole nitrogens is 1. The van der Waals surface area contributed by atoms with Crippen molar-refractivity contribution >= 4 is 17.3 Å². The number of hydrogen-bond donors (Lipinski definition) is 3. The Balaban J connectivity index is 1.97. The second-order valence-corrected chi connectivity index (χ2v) is 8.29. The number of ether oxygens (including phenoxy) is 1.